The molecule has 1 aliphatic rings. The summed E-state index contributed by atoms with van der Waals surface area (Å²) in [4.78, 5) is 25.8. The number of hydrogen-bond acceptors (Lipinski definition) is 2. The van der Waals surface area contributed by atoms with Crippen LogP contribution in [-0.2, 0) is 11.3 Å². The van der Waals surface area contributed by atoms with E-state index >= 15 is 0 Å². The predicted molar refractivity (Wildman–Crippen MR) is 93.8 cm³/mol. The molecule has 3 aromatic carbocycles. The van der Waals surface area contributed by atoms with E-state index < -0.39 is 17.5 Å². The van der Waals surface area contributed by atoms with Crippen molar-refractivity contribution in [2.24, 2.45) is 0 Å². The van der Waals surface area contributed by atoms with Gasteiger partial charge in [-0.15, -0.1) is 0 Å². The number of ketones is 1. The number of para-hydroxylation sites is 1. The van der Waals surface area contributed by atoms with Crippen LogP contribution in [0.2, 0.25) is 0 Å². The number of hydrogen-bond donors (Lipinski definition) is 0. The highest BCUT2D eigenvalue weighted by Gasteiger charge is 2.38. The maximum atomic E-state index is 14.3. The van der Waals surface area contributed by atoms with E-state index in [4.69, 9.17) is 0 Å². The third kappa shape index (κ3) is 2.52. The van der Waals surface area contributed by atoms with Crippen molar-refractivity contribution in [3.8, 4) is 11.1 Å². The van der Waals surface area contributed by atoms with Crippen LogP contribution >= 0.6 is 0 Å². The van der Waals surface area contributed by atoms with Crippen molar-refractivity contribution in [1.82, 2.24) is 0 Å². The third-order valence-corrected chi connectivity index (χ3v) is 4.37. The number of Topliss-reactive ketones (excluding diaryl/α,β-unsaturated/α-hetero) is 1. The Morgan fingerprint density at radius 2 is 1.44 bits per heavy atom. The standard InChI is InChI=1S/C21H14FNO2/c22-18-12-6-11-17-19(18)23(21(25)20(17)24)13-15-9-4-5-10-16(15)14-7-2-1-3-8-14/h1-12H,13H2. The second kappa shape index (κ2) is 5.98. The second-order valence-corrected chi connectivity index (χ2v) is 5.88. The molecule has 25 heavy (non-hydrogen) atoms. The zero-order valence-corrected chi connectivity index (χ0v) is 13.3. The molecule has 3 nitrogen and oxygen atoms in total. The molecule has 0 bridgehead atoms. The molecule has 0 saturated heterocycles. The van der Waals surface area contributed by atoms with E-state index in [1.54, 1.807) is 0 Å². The van der Waals surface area contributed by atoms with Gasteiger partial charge >= 0.3 is 0 Å². The Bertz CT molecular complexity index is 982. The molecule has 0 unspecified atom stereocenters. The van der Waals surface area contributed by atoms with Crippen molar-refractivity contribution in [3.05, 3.63) is 89.7 Å². The van der Waals surface area contributed by atoms with Gasteiger partial charge in [-0.1, -0.05) is 60.7 Å². The first-order valence-corrected chi connectivity index (χ1v) is 7.95. The third-order valence-electron chi connectivity index (χ3n) is 4.37. The van der Waals surface area contributed by atoms with Gasteiger partial charge in [0.05, 0.1) is 17.8 Å². The maximum Gasteiger partial charge on any atom is 0.299 e. The topological polar surface area (TPSA) is 37.4 Å². The van der Waals surface area contributed by atoms with Crippen molar-refractivity contribution in [2.75, 3.05) is 4.90 Å². The Morgan fingerprint density at radius 1 is 0.760 bits per heavy atom. The molecule has 4 heteroatoms. The summed E-state index contributed by atoms with van der Waals surface area (Å²) >= 11 is 0. The quantitative estimate of drug-likeness (QED) is 0.674. The molecule has 122 valence electrons. The molecule has 0 spiro atoms. The molecule has 0 atom stereocenters. The Balaban J connectivity index is 1.78. The average Bonchev–Trinajstić information content (AvgIpc) is 2.89. The molecule has 0 N–H and O–H groups in total. The smallest absolute Gasteiger partial charge is 0.298 e. The average molecular weight is 331 g/mol. The zero-order valence-electron chi connectivity index (χ0n) is 13.3. The maximum absolute atomic E-state index is 14.3. The normalized spacial score (nSPS) is 13.2. The number of rotatable bonds is 3. The number of anilines is 1. The summed E-state index contributed by atoms with van der Waals surface area (Å²) in [5.74, 6) is -1.91. The van der Waals surface area contributed by atoms with E-state index in [9.17, 15) is 14.0 Å². The van der Waals surface area contributed by atoms with Crippen LogP contribution in [0.3, 0.4) is 0 Å². The van der Waals surface area contributed by atoms with E-state index in [0.717, 1.165) is 16.7 Å². The SMILES string of the molecule is O=C1C(=O)N(Cc2ccccc2-c2ccccc2)c2c(F)cccc21. The van der Waals surface area contributed by atoms with Gasteiger partial charge in [-0.3, -0.25) is 14.5 Å². The lowest BCUT2D eigenvalue weighted by Gasteiger charge is -2.19. The van der Waals surface area contributed by atoms with Crippen LogP contribution in [0.1, 0.15) is 15.9 Å². The molecule has 0 fully saturated rings. The van der Waals surface area contributed by atoms with Gasteiger partial charge in [-0.25, -0.2) is 4.39 Å². The van der Waals surface area contributed by atoms with Gasteiger partial charge < -0.3 is 0 Å². The fraction of sp³-hybridized carbons (Fsp3) is 0.0476. The van der Waals surface area contributed by atoms with E-state index in [0.29, 0.717) is 0 Å². The van der Waals surface area contributed by atoms with E-state index in [1.807, 2.05) is 54.6 Å². The highest BCUT2D eigenvalue weighted by molar-refractivity contribution is 6.52. The van der Waals surface area contributed by atoms with Gasteiger partial charge in [0.15, 0.2) is 0 Å². The molecule has 0 aliphatic carbocycles. The van der Waals surface area contributed by atoms with Gasteiger partial charge in [0, 0.05) is 0 Å². The molecular formula is C21H14FNO2. The Labute approximate surface area is 144 Å². The molecule has 3 aromatic rings. The monoisotopic (exact) mass is 331 g/mol. The van der Waals surface area contributed by atoms with Gasteiger partial charge in [0.2, 0.25) is 0 Å². The summed E-state index contributed by atoms with van der Waals surface area (Å²) in [5, 5.41) is 0. The van der Waals surface area contributed by atoms with Crippen molar-refractivity contribution in [3.63, 3.8) is 0 Å². The first-order chi connectivity index (χ1) is 12.2. The van der Waals surface area contributed by atoms with E-state index in [2.05, 4.69) is 0 Å². The van der Waals surface area contributed by atoms with Crippen molar-refractivity contribution in [1.29, 1.82) is 0 Å². The number of halogens is 1. The second-order valence-electron chi connectivity index (χ2n) is 5.88. The van der Waals surface area contributed by atoms with Crippen molar-refractivity contribution in [2.45, 2.75) is 6.54 Å². The molecular weight excluding hydrogens is 317 g/mol. The molecule has 1 heterocycles. The molecule has 1 aliphatic heterocycles. The lowest BCUT2D eigenvalue weighted by atomic mass is 9.99. The van der Waals surface area contributed by atoms with Crippen LogP contribution in [0.4, 0.5) is 10.1 Å². The number of benzene rings is 3. The van der Waals surface area contributed by atoms with Gasteiger partial charge in [-0.05, 0) is 28.8 Å². The molecule has 0 radical (unpaired) electrons. The molecule has 0 saturated carbocycles. The number of fused-ring (bicyclic) bond motifs is 1. The minimum atomic E-state index is -0.692. The number of carbonyl (C=O) groups is 2. The Hall–Kier alpha value is -3.27. The Kier molecular flexibility index (Phi) is 3.65. The summed E-state index contributed by atoms with van der Waals surface area (Å²) in [6, 6.07) is 21.6. The van der Waals surface area contributed by atoms with Crippen LogP contribution in [0.15, 0.2) is 72.8 Å². The van der Waals surface area contributed by atoms with Crippen LogP contribution in [0.5, 0.6) is 0 Å². The zero-order chi connectivity index (χ0) is 17.4. The highest BCUT2D eigenvalue weighted by Crippen LogP contribution is 2.34. The summed E-state index contributed by atoms with van der Waals surface area (Å²) in [5.41, 5.74) is 3.01. The summed E-state index contributed by atoms with van der Waals surface area (Å²) in [6.45, 7) is 0.142. The van der Waals surface area contributed by atoms with Gasteiger partial charge in [0.1, 0.15) is 5.82 Å². The largest absolute Gasteiger partial charge is 0.299 e. The number of carbonyl (C=O) groups excluding carboxylic acids is 2. The summed E-state index contributed by atoms with van der Waals surface area (Å²) in [6.07, 6.45) is 0. The number of amides is 1. The number of nitrogens with zero attached hydrogens (tertiary/aromatic N) is 1. The minimum Gasteiger partial charge on any atom is -0.298 e. The first-order valence-electron chi connectivity index (χ1n) is 7.95. The van der Waals surface area contributed by atoms with Crippen LogP contribution in [0.25, 0.3) is 11.1 Å². The van der Waals surface area contributed by atoms with Crippen LogP contribution in [-0.4, -0.2) is 11.7 Å². The minimum absolute atomic E-state index is 0.0698. The van der Waals surface area contributed by atoms with E-state index in [-0.39, 0.29) is 17.8 Å². The molecule has 0 aromatic heterocycles. The summed E-state index contributed by atoms with van der Waals surface area (Å²) in [7, 11) is 0. The van der Waals surface area contributed by atoms with E-state index in [1.165, 1.54) is 23.1 Å². The fourth-order valence-electron chi connectivity index (χ4n) is 3.19. The summed E-state index contributed by atoms with van der Waals surface area (Å²) < 4.78 is 14.3. The Morgan fingerprint density at radius 3 is 2.24 bits per heavy atom. The van der Waals surface area contributed by atoms with Crippen molar-refractivity contribution >= 4 is 17.4 Å². The molecule has 4 rings (SSSR count). The first kappa shape index (κ1) is 15.3. The van der Waals surface area contributed by atoms with Crippen molar-refractivity contribution < 1.29 is 14.0 Å². The lowest BCUT2D eigenvalue weighted by molar-refractivity contribution is -0.114. The van der Waals surface area contributed by atoms with Crippen LogP contribution in [0, 0.1) is 5.82 Å². The van der Waals surface area contributed by atoms with Gasteiger partial charge in [0.25, 0.3) is 11.7 Å². The molecule has 1 amide bonds. The lowest BCUT2D eigenvalue weighted by Crippen LogP contribution is -2.29. The van der Waals surface area contributed by atoms with Crippen LogP contribution < -0.4 is 4.90 Å². The predicted octanol–water partition coefficient (Wildman–Crippen LogP) is 4.22. The van der Waals surface area contributed by atoms with Gasteiger partial charge in [-0.2, -0.15) is 0 Å². The fourth-order valence-corrected chi connectivity index (χ4v) is 3.19. The highest BCUT2D eigenvalue weighted by atomic mass is 19.1.